The van der Waals surface area contributed by atoms with Gasteiger partial charge in [-0.2, -0.15) is 4.31 Å². The van der Waals surface area contributed by atoms with Gasteiger partial charge in [0, 0.05) is 41.4 Å². The first kappa shape index (κ1) is 24.4. The Kier molecular flexibility index (Phi) is 7.02. The van der Waals surface area contributed by atoms with Gasteiger partial charge in [-0.15, -0.1) is 11.3 Å². The molecule has 180 valence electrons. The molecule has 11 heteroatoms. The molecule has 1 atom stereocenters. The SMILES string of the molecule is CC(C)N1CCC(N2CC[C@H](N(CC(N)=O)S(=O)(=O)c3cc4ccc(Cl)cc4s3)C2=O)CC1. The highest BCUT2D eigenvalue weighted by Gasteiger charge is 2.45. The third-order valence-electron chi connectivity index (χ3n) is 6.56. The van der Waals surface area contributed by atoms with Crippen LogP contribution in [0.1, 0.15) is 33.1 Å². The molecule has 0 saturated carbocycles. The zero-order valence-electron chi connectivity index (χ0n) is 18.7. The van der Waals surface area contributed by atoms with Crippen molar-refractivity contribution >= 4 is 54.9 Å². The quantitative estimate of drug-likeness (QED) is 0.613. The van der Waals surface area contributed by atoms with Crippen molar-refractivity contribution in [3.63, 3.8) is 0 Å². The number of halogens is 1. The molecule has 0 radical (unpaired) electrons. The molecule has 2 aromatic rings. The Balaban J connectivity index is 1.58. The molecule has 0 aliphatic carbocycles. The molecule has 2 aliphatic heterocycles. The average Bonchev–Trinajstić information content (AvgIpc) is 3.35. The topological polar surface area (TPSA) is 104 Å². The maximum absolute atomic E-state index is 13.6. The highest BCUT2D eigenvalue weighted by molar-refractivity contribution is 7.91. The Morgan fingerprint density at radius 3 is 2.55 bits per heavy atom. The van der Waals surface area contributed by atoms with Crippen LogP contribution in [0, 0.1) is 0 Å². The Morgan fingerprint density at radius 2 is 1.91 bits per heavy atom. The predicted octanol–water partition coefficient (Wildman–Crippen LogP) is 2.50. The zero-order valence-corrected chi connectivity index (χ0v) is 21.1. The van der Waals surface area contributed by atoms with Gasteiger partial charge < -0.3 is 15.5 Å². The summed E-state index contributed by atoms with van der Waals surface area (Å²) in [5, 5.41) is 1.24. The zero-order chi connectivity index (χ0) is 23.9. The molecular weight excluding hydrogens is 484 g/mol. The van der Waals surface area contributed by atoms with Crippen LogP contribution >= 0.6 is 22.9 Å². The third kappa shape index (κ3) is 4.90. The maximum atomic E-state index is 13.6. The minimum atomic E-state index is -4.11. The van der Waals surface area contributed by atoms with Gasteiger partial charge in [-0.25, -0.2) is 8.42 Å². The average molecular weight is 513 g/mol. The molecule has 2 aliphatic rings. The number of primary amides is 1. The second kappa shape index (κ2) is 9.50. The Bertz CT molecular complexity index is 1160. The van der Waals surface area contributed by atoms with E-state index < -0.39 is 28.5 Å². The van der Waals surface area contributed by atoms with Gasteiger partial charge in [0.15, 0.2) is 0 Å². The van der Waals surface area contributed by atoms with Crippen LogP contribution in [0.5, 0.6) is 0 Å². The summed E-state index contributed by atoms with van der Waals surface area (Å²) in [5.74, 6) is -1.04. The fraction of sp³-hybridized carbons (Fsp3) is 0.545. The van der Waals surface area contributed by atoms with Crippen molar-refractivity contribution in [2.45, 2.75) is 55.4 Å². The molecule has 8 nitrogen and oxygen atoms in total. The van der Waals surface area contributed by atoms with Crippen LogP contribution in [-0.2, 0) is 19.6 Å². The molecule has 2 N–H and O–H groups in total. The highest BCUT2D eigenvalue weighted by atomic mass is 35.5. The van der Waals surface area contributed by atoms with Crippen LogP contribution in [0.2, 0.25) is 5.02 Å². The number of piperidine rings is 1. The summed E-state index contributed by atoms with van der Waals surface area (Å²) < 4.78 is 28.9. The molecule has 33 heavy (non-hydrogen) atoms. The largest absolute Gasteiger partial charge is 0.369 e. The molecule has 0 unspecified atom stereocenters. The number of fused-ring (bicyclic) bond motifs is 1. The number of hydrogen-bond acceptors (Lipinski definition) is 6. The normalized spacial score (nSPS) is 21.1. The Morgan fingerprint density at radius 1 is 1.21 bits per heavy atom. The lowest BCUT2D eigenvalue weighted by Crippen LogP contribution is -2.51. The lowest BCUT2D eigenvalue weighted by molar-refractivity contribution is -0.134. The van der Waals surface area contributed by atoms with Gasteiger partial charge in [-0.05, 0) is 56.7 Å². The number of nitrogens with two attached hydrogens (primary N) is 1. The molecule has 2 amide bonds. The van der Waals surface area contributed by atoms with E-state index in [4.69, 9.17) is 17.3 Å². The summed E-state index contributed by atoms with van der Waals surface area (Å²) in [6.07, 6.45) is 2.05. The first-order chi connectivity index (χ1) is 15.6. The molecule has 1 aromatic heterocycles. The van der Waals surface area contributed by atoms with Crippen molar-refractivity contribution in [2.24, 2.45) is 5.73 Å². The van der Waals surface area contributed by atoms with E-state index in [1.807, 2.05) is 0 Å². The van der Waals surface area contributed by atoms with Crippen molar-refractivity contribution in [1.29, 1.82) is 0 Å². The van der Waals surface area contributed by atoms with E-state index in [0.717, 1.165) is 51.7 Å². The van der Waals surface area contributed by atoms with E-state index in [2.05, 4.69) is 18.7 Å². The fourth-order valence-electron chi connectivity index (χ4n) is 4.77. The Hall–Kier alpha value is -1.72. The number of nitrogens with zero attached hydrogens (tertiary/aromatic N) is 3. The molecule has 0 spiro atoms. The summed E-state index contributed by atoms with van der Waals surface area (Å²) in [6, 6.07) is 6.31. The van der Waals surface area contributed by atoms with Crippen molar-refractivity contribution < 1.29 is 18.0 Å². The predicted molar refractivity (Wildman–Crippen MR) is 130 cm³/mol. The highest BCUT2D eigenvalue weighted by Crippen LogP contribution is 2.35. The van der Waals surface area contributed by atoms with E-state index in [1.165, 1.54) is 0 Å². The number of thiophene rings is 1. The van der Waals surface area contributed by atoms with E-state index in [1.54, 1.807) is 29.2 Å². The number of carbonyl (C=O) groups is 2. The van der Waals surface area contributed by atoms with Gasteiger partial charge in [0.1, 0.15) is 10.3 Å². The van der Waals surface area contributed by atoms with Gasteiger partial charge in [-0.1, -0.05) is 17.7 Å². The van der Waals surface area contributed by atoms with Crippen LogP contribution in [0.15, 0.2) is 28.5 Å². The van der Waals surface area contributed by atoms with Crippen LogP contribution in [0.3, 0.4) is 0 Å². The van der Waals surface area contributed by atoms with E-state index in [0.29, 0.717) is 24.0 Å². The molecule has 2 saturated heterocycles. The summed E-state index contributed by atoms with van der Waals surface area (Å²) >= 11 is 7.11. The number of benzene rings is 1. The lowest BCUT2D eigenvalue weighted by atomic mass is 10.0. The van der Waals surface area contributed by atoms with E-state index in [9.17, 15) is 18.0 Å². The third-order valence-corrected chi connectivity index (χ3v) is 10.2. The van der Waals surface area contributed by atoms with Crippen molar-refractivity contribution in [1.82, 2.24) is 14.1 Å². The molecule has 3 heterocycles. The number of sulfonamides is 1. The van der Waals surface area contributed by atoms with Gasteiger partial charge in [0.25, 0.3) is 10.0 Å². The number of hydrogen-bond donors (Lipinski definition) is 1. The molecule has 1 aromatic carbocycles. The molecular formula is C22H29ClN4O4S2. The molecule has 0 bridgehead atoms. The number of rotatable bonds is 7. The smallest absolute Gasteiger partial charge is 0.253 e. The second-order valence-corrected chi connectivity index (χ2v) is 12.6. The van der Waals surface area contributed by atoms with Crippen LogP contribution < -0.4 is 5.73 Å². The number of likely N-dealkylation sites (tertiary alicyclic amines) is 2. The monoisotopic (exact) mass is 512 g/mol. The lowest BCUT2D eigenvalue weighted by Gasteiger charge is -2.38. The van der Waals surface area contributed by atoms with E-state index in [-0.39, 0.29) is 16.2 Å². The van der Waals surface area contributed by atoms with Gasteiger partial charge in [-0.3, -0.25) is 9.59 Å². The fourth-order valence-corrected chi connectivity index (χ4v) is 8.15. The minimum absolute atomic E-state index is 0.0671. The standard InChI is InChI=1S/C22H29ClN4O4S2/c1-14(2)25-8-5-17(6-9-25)26-10-7-18(22(26)29)27(13-20(24)28)33(30,31)21-11-15-3-4-16(23)12-19(15)32-21/h3-4,11-12,14,17-18H,5-10,13H2,1-2H3,(H2,24,28)/t18-/m0/s1. The van der Waals surface area contributed by atoms with E-state index >= 15 is 0 Å². The van der Waals surface area contributed by atoms with Gasteiger partial charge in [0.2, 0.25) is 11.8 Å². The molecule has 4 rings (SSSR count). The molecule has 2 fully saturated rings. The minimum Gasteiger partial charge on any atom is -0.369 e. The van der Waals surface area contributed by atoms with Gasteiger partial charge >= 0.3 is 0 Å². The van der Waals surface area contributed by atoms with Crippen molar-refractivity contribution in [2.75, 3.05) is 26.2 Å². The van der Waals surface area contributed by atoms with Crippen LogP contribution in [-0.4, -0.2) is 78.6 Å². The Labute approximate surface area is 203 Å². The second-order valence-electron chi connectivity index (χ2n) is 8.96. The summed E-state index contributed by atoms with van der Waals surface area (Å²) in [5.41, 5.74) is 5.41. The van der Waals surface area contributed by atoms with Gasteiger partial charge in [0.05, 0.1) is 6.54 Å². The summed E-state index contributed by atoms with van der Waals surface area (Å²) in [4.78, 5) is 29.4. The van der Waals surface area contributed by atoms with Crippen LogP contribution in [0.25, 0.3) is 10.1 Å². The first-order valence-corrected chi connectivity index (χ1v) is 13.7. The summed E-state index contributed by atoms with van der Waals surface area (Å²) in [6.45, 7) is 6.07. The number of amides is 2. The first-order valence-electron chi connectivity index (χ1n) is 11.1. The summed E-state index contributed by atoms with van der Waals surface area (Å²) in [7, 11) is -4.11. The number of carbonyl (C=O) groups excluding carboxylic acids is 2. The van der Waals surface area contributed by atoms with Crippen molar-refractivity contribution in [3.05, 3.63) is 29.3 Å². The van der Waals surface area contributed by atoms with Crippen LogP contribution in [0.4, 0.5) is 0 Å². The van der Waals surface area contributed by atoms with Crippen molar-refractivity contribution in [3.8, 4) is 0 Å². The maximum Gasteiger partial charge on any atom is 0.253 e.